The van der Waals surface area contributed by atoms with Crippen LogP contribution in [-0.4, -0.2) is 20.2 Å². The lowest BCUT2D eigenvalue weighted by Crippen LogP contribution is -2.08. The van der Waals surface area contributed by atoms with Crippen molar-refractivity contribution in [1.82, 2.24) is 15.1 Å². The van der Waals surface area contributed by atoms with E-state index in [4.69, 9.17) is 20.9 Å². The van der Waals surface area contributed by atoms with Crippen molar-refractivity contribution in [3.05, 3.63) is 57.0 Å². The van der Waals surface area contributed by atoms with E-state index >= 15 is 0 Å². The van der Waals surface area contributed by atoms with E-state index < -0.39 is 6.10 Å². The van der Waals surface area contributed by atoms with Crippen molar-refractivity contribution in [3.63, 3.8) is 0 Å². The number of thiophene rings is 1. The van der Waals surface area contributed by atoms with Crippen LogP contribution in [0.5, 0.6) is 5.75 Å². The molecule has 6 nitrogen and oxygen atoms in total. The van der Waals surface area contributed by atoms with E-state index in [2.05, 4.69) is 15.1 Å². The van der Waals surface area contributed by atoms with E-state index in [1.165, 1.54) is 16.9 Å². The molecule has 0 spiro atoms. The highest BCUT2D eigenvalue weighted by atomic mass is 35.5. The molecule has 2 aliphatic rings. The molecule has 3 aromatic heterocycles. The molecule has 0 radical (unpaired) electrons. The van der Waals surface area contributed by atoms with Crippen LogP contribution in [0.15, 0.2) is 29.0 Å². The largest absolute Gasteiger partial charge is 0.481 e. The molecular weight excluding hydrogens is 446 g/mol. The molecule has 8 heteroatoms. The molecule has 32 heavy (non-hydrogen) atoms. The molecule has 1 aliphatic heterocycles. The van der Waals surface area contributed by atoms with Gasteiger partial charge in [-0.15, -0.1) is 11.3 Å². The summed E-state index contributed by atoms with van der Waals surface area (Å²) in [6.45, 7) is 1.96. The van der Waals surface area contributed by atoms with Gasteiger partial charge < -0.3 is 14.4 Å². The Morgan fingerprint density at radius 3 is 2.97 bits per heavy atom. The molecule has 0 fully saturated rings. The van der Waals surface area contributed by atoms with Crippen molar-refractivity contribution in [2.45, 2.75) is 57.7 Å². The fourth-order valence-electron chi connectivity index (χ4n) is 4.74. The normalized spacial score (nSPS) is 18.4. The molecule has 6 rings (SSSR count). The van der Waals surface area contributed by atoms with Gasteiger partial charge >= 0.3 is 0 Å². The first-order valence-corrected chi connectivity index (χ1v) is 12.2. The number of hydrogen-bond donors (Lipinski definition) is 1. The number of fused-ring (bicyclic) bond motifs is 3. The highest BCUT2D eigenvalue weighted by molar-refractivity contribution is 7.19. The predicted molar refractivity (Wildman–Crippen MR) is 123 cm³/mol. The van der Waals surface area contributed by atoms with Gasteiger partial charge in [0.15, 0.2) is 11.9 Å². The predicted octanol–water partition coefficient (Wildman–Crippen LogP) is 6.00. The summed E-state index contributed by atoms with van der Waals surface area (Å²) >= 11 is 8.04. The van der Waals surface area contributed by atoms with Crippen LogP contribution in [0.3, 0.4) is 0 Å². The maximum absolute atomic E-state index is 10.3. The molecule has 0 unspecified atom stereocenters. The molecule has 0 amide bonds. The van der Waals surface area contributed by atoms with Crippen molar-refractivity contribution in [1.29, 1.82) is 0 Å². The van der Waals surface area contributed by atoms with Gasteiger partial charge in [-0.05, 0) is 50.3 Å². The smallest absolute Gasteiger partial charge is 0.181 e. The minimum atomic E-state index is -0.509. The third-order valence-electron chi connectivity index (χ3n) is 6.38. The topological polar surface area (TPSA) is 81.3 Å². The number of hydrogen-bond acceptors (Lipinski definition) is 7. The lowest BCUT2D eigenvalue weighted by atomic mass is 9.93. The van der Waals surface area contributed by atoms with Crippen molar-refractivity contribution in [2.75, 3.05) is 0 Å². The zero-order valence-corrected chi connectivity index (χ0v) is 19.2. The fourth-order valence-corrected chi connectivity index (χ4v) is 6.17. The van der Waals surface area contributed by atoms with Crippen LogP contribution in [0, 0.1) is 0 Å². The van der Waals surface area contributed by atoms with Crippen LogP contribution in [0.25, 0.3) is 21.5 Å². The Labute approximate surface area is 194 Å². The van der Waals surface area contributed by atoms with E-state index in [0.717, 1.165) is 74.8 Å². The van der Waals surface area contributed by atoms with Gasteiger partial charge in [0.05, 0.1) is 27.7 Å². The Kier molecular flexibility index (Phi) is 4.93. The number of aryl methyl sites for hydroxylation is 1. The lowest BCUT2D eigenvalue weighted by molar-refractivity contribution is 0.177. The van der Waals surface area contributed by atoms with Gasteiger partial charge in [-0.1, -0.05) is 23.7 Å². The molecule has 0 saturated carbocycles. The minimum absolute atomic E-state index is 0.213. The highest BCUT2D eigenvalue weighted by Gasteiger charge is 2.34. The molecule has 2 atom stereocenters. The quantitative estimate of drug-likeness (QED) is 0.396. The van der Waals surface area contributed by atoms with E-state index in [1.54, 1.807) is 6.33 Å². The average molecular weight is 468 g/mol. The Hall–Kier alpha value is -2.48. The van der Waals surface area contributed by atoms with Crippen LogP contribution >= 0.6 is 22.9 Å². The standard InChI is InChI=1S/C24H22ClN3O3S/c1-2-18(29)20-10-17-24(32-20)21(27-11-26-17)15-9-13(25)7-12-8-19(30-22(12)15)23-14-5-3-4-6-16(14)28-31-23/h7,9-11,18-19,29H,2-6,8H2,1H3/t18-,19-/m1/s1. The summed E-state index contributed by atoms with van der Waals surface area (Å²) in [4.78, 5) is 9.90. The number of halogens is 1. The summed E-state index contributed by atoms with van der Waals surface area (Å²) in [6.07, 6.45) is 6.43. The van der Waals surface area contributed by atoms with Gasteiger partial charge in [-0.25, -0.2) is 9.97 Å². The van der Waals surface area contributed by atoms with Crippen LogP contribution in [0.1, 0.15) is 65.9 Å². The number of aliphatic hydroxyl groups is 1. The Morgan fingerprint density at radius 2 is 2.09 bits per heavy atom. The van der Waals surface area contributed by atoms with Crippen LogP contribution in [0.2, 0.25) is 5.02 Å². The van der Waals surface area contributed by atoms with Gasteiger partial charge in [-0.3, -0.25) is 0 Å². The first kappa shape index (κ1) is 20.1. The maximum Gasteiger partial charge on any atom is 0.181 e. The number of rotatable bonds is 4. The minimum Gasteiger partial charge on any atom is -0.481 e. The second-order valence-corrected chi connectivity index (χ2v) is 9.96. The second kappa shape index (κ2) is 7.83. The SMILES string of the molecule is CC[C@@H](O)c1cc2ncnc(-c3cc(Cl)cc4c3O[C@@H](c3onc5c3CCCC5)C4)c2s1. The van der Waals surface area contributed by atoms with E-state index in [9.17, 15) is 5.11 Å². The van der Waals surface area contributed by atoms with Crippen LogP contribution < -0.4 is 4.74 Å². The molecule has 1 aromatic carbocycles. The third-order valence-corrected chi connectivity index (χ3v) is 7.83. The molecule has 1 N–H and O–H groups in total. The number of aliphatic hydroxyl groups excluding tert-OH is 1. The van der Waals surface area contributed by atoms with Gasteiger partial charge in [-0.2, -0.15) is 0 Å². The van der Waals surface area contributed by atoms with Gasteiger partial charge in [0.25, 0.3) is 0 Å². The number of ether oxygens (including phenoxy) is 1. The molecule has 0 bridgehead atoms. The lowest BCUT2D eigenvalue weighted by Gasteiger charge is -2.14. The third kappa shape index (κ3) is 3.22. The summed E-state index contributed by atoms with van der Waals surface area (Å²) < 4.78 is 13.2. The summed E-state index contributed by atoms with van der Waals surface area (Å²) in [5.74, 6) is 1.63. The summed E-state index contributed by atoms with van der Waals surface area (Å²) in [6, 6.07) is 5.80. The summed E-state index contributed by atoms with van der Waals surface area (Å²) in [7, 11) is 0. The van der Waals surface area contributed by atoms with Gasteiger partial charge in [0.2, 0.25) is 0 Å². The Morgan fingerprint density at radius 1 is 1.22 bits per heavy atom. The van der Waals surface area contributed by atoms with Crippen LogP contribution in [0.4, 0.5) is 0 Å². The van der Waals surface area contributed by atoms with Crippen molar-refractivity contribution in [3.8, 4) is 17.0 Å². The van der Waals surface area contributed by atoms with Crippen molar-refractivity contribution in [2.24, 2.45) is 0 Å². The first-order valence-electron chi connectivity index (χ1n) is 11.0. The fraction of sp³-hybridized carbons (Fsp3) is 0.375. The second-order valence-electron chi connectivity index (χ2n) is 8.44. The average Bonchev–Trinajstić information content (AvgIpc) is 3.53. The van der Waals surface area contributed by atoms with Crippen LogP contribution in [-0.2, 0) is 19.3 Å². The Bertz CT molecular complexity index is 1330. The van der Waals surface area contributed by atoms with Crippen molar-refractivity contribution < 1.29 is 14.4 Å². The zero-order valence-electron chi connectivity index (χ0n) is 17.6. The van der Waals surface area contributed by atoms with E-state index in [1.807, 2.05) is 25.1 Å². The van der Waals surface area contributed by atoms with E-state index in [-0.39, 0.29) is 6.10 Å². The number of aromatic nitrogens is 3. The molecular formula is C24H22ClN3O3S. The van der Waals surface area contributed by atoms with Gasteiger partial charge in [0.1, 0.15) is 12.1 Å². The highest BCUT2D eigenvalue weighted by Crippen LogP contribution is 2.48. The monoisotopic (exact) mass is 467 g/mol. The van der Waals surface area contributed by atoms with Crippen molar-refractivity contribution >= 4 is 33.2 Å². The number of benzene rings is 1. The number of nitrogens with zero attached hydrogens (tertiary/aromatic N) is 3. The molecule has 4 aromatic rings. The maximum atomic E-state index is 10.3. The molecule has 164 valence electrons. The molecule has 0 saturated heterocycles. The van der Waals surface area contributed by atoms with Gasteiger partial charge in [0, 0.05) is 33.0 Å². The summed E-state index contributed by atoms with van der Waals surface area (Å²) in [5.41, 5.74) is 5.75. The Balaban J connectivity index is 1.44. The summed E-state index contributed by atoms with van der Waals surface area (Å²) in [5, 5.41) is 15.3. The zero-order chi connectivity index (χ0) is 21.8. The molecule has 4 heterocycles. The molecule has 1 aliphatic carbocycles. The van der Waals surface area contributed by atoms with E-state index in [0.29, 0.717) is 17.9 Å². The first-order chi connectivity index (χ1) is 15.6.